The average Bonchev–Trinajstić information content (AvgIpc) is 2.67. The maximum Gasteiger partial charge on any atom is 0.261 e. The molecule has 144 valence electrons. The Labute approximate surface area is 163 Å². The summed E-state index contributed by atoms with van der Waals surface area (Å²) in [4.78, 5) is 12.7. The molecular weight excluding hydrogens is 334 g/mol. The molecule has 0 aromatic heterocycles. The van der Waals surface area contributed by atoms with Gasteiger partial charge < -0.3 is 10.1 Å². The van der Waals surface area contributed by atoms with Crippen LogP contribution in [0.3, 0.4) is 0 Å². The number of carbonyl (C=O) groups is 1. The third-order valence-corrected chi connectivity index (χ3v) is 5.45. The normalized spacial score (nSPS) is 15.7. The summed E-state index contributed by atoms with van der Waals surface area (Å²) in [7, 11) is 0. The number of fused-ring (bicyclic) bond motifs is 1. The van der Waals surface area contributed by atoms with Crippen LogP contribution in [0, 0.1) is 0 Å². The second-order valence-electron chi connectivity index (χ2n) is 7.92. The number of rotatable bonds is 6. The molecule has 3 nitrogen and oxygen atoms in total. The van der Waals surface area contributed by atoms with Gasteiger partial charge in [0.2, 0.25) is 0 Å². The maximum absolute atomic E-state index is 12.7. The predicted molar refractivity (Wildman–Crippen MR) is 110 cm³/mol. The second-order valence-corrected chi connectivity index (χ2v) is 7.92. The molecule has 2 aromatic rings. The minimum absolute atomic E-state index is 0.0314. The van der Waals surface area contributed by atoms with Crippen LogP contribution in [-0.2, 0) is 17.6 Å². The smallest absolute Gasteiger partial charge is 0.261 e. The SMILES string of the molecule is CC(C)c1ccccc1O[C@H](C)C(=O)N[C@H](C)c1ccc2c(c1)CCCC2. The molecule has 0 fully saturated rings. The Balaban J connectivity index is 1.64. The Morgan fingerprint density at radius 2 is 1.67 bits per heavy atom. The average molecular weight is 366 g/mol. The van der Waals surface area contributed by atoms with Gasteiger partial charge in [-0.05, 0) is 73.8 Å². The molecule has 1 N–H and O–H groups in total. The van der Waals surface area contributed by atoms with E-state index in [1.165, 1.54) is 36.0 Å². The quantitative estimate of drug-likeness (QED) is 0.751. The number of amides is 1. The number of carbonyl (C=O) groups excluding carboxylic acids is 1. The van der Waals surface area contributed by atoms with Gasteiger partial charge in [-0.1, -0.05) is 50.2 Å². The first-order valence-corrected chi connectivity index (χ1v) is 10.1. The summed E-state index contributed by atoms with van der Waals surface area (Å²) in [6, 6.07) is 14.6. The number of ether oxygens (including phenoxy) is 1. The molecule has 0 heterocycles. The number of hydrogen-bond acceptors (Lipinski definition) is 2. The molecule has 0 saturated heterocycles. The van der Waals surface area contributed by atoms with Crippen LogP contribution in [0.2, 0.25) is 0 Å². The topological polar surface area (TPSA) is 38.3 Å². The number of para-hydroxylation sites is 1. The van der Waals surface area contributed by atoms with E-state index in [1.807, 2.05) is 32.0 Å². The van der Waals surface area contributed by atoms with Gasteiger partial charge >= 0.3 is 0 Å². The highest BCUT2D eigenvalue weighted by Crippen LogP contribution is 2.27. The zero-order valence-electron chi connectivity index (χ0n) is 16.9. The summed E-state index contributed by atoms with van der Waals surface area (Å²) in [6.07, 6.45) is 4.33. The van der Waals surface area contributed by atoms with Crippen LogP contribution in [0.5, 0.6) is 5.75 Å². The lowest BCUT2D eigenvalue weighted by molar-refractivity contribution is -0.127. The minimum atomic E-state index is -0.537. The highest BCUT2D eigenvalue weighted by atomic mass is 16.5. The lowest BCUT2D eigenvalue weighted by atomic mass is 9.89. The maximum atomic E-state index is 12.7. The van der Waals surface area contributed by atoms with Crippen LogP contribution in [-0.4, -0.2) is 12.0 Å². The molecule has 0 unspecified atom stereocenters. The molecule has 0 saturated carbocycles. The van der Waals surface area contributed by atoms with Gasteiger partial charge in [-0.25, -0.2) is 0 Å². The Bertz CT molecular complexity index is 797. The van der Waals surface area contributed by atoms with Crippen molar-refractivity contribution in [3.63, 3.8) is 0 Å². The zero-order chi connectivity index (χ0) is 19.4. The molecule has 2 atom stereocenters. The van der Waals surface area contributed by atoms with Crippen molar-refractivity contribution < 1.29 is 9.53 Å². The third kappa shape index (κ3) is 4.71. The number of nitrogens with one attached hydrogen (secondary N) is 1. The van der Waals surface area contributed by atoms with Crippen molar-refractivity contribution in [2.75, 3.05) is 0 Å². The highest BCUT2D eigenvalue weighted by molar-refractivity contribution is 5.81. The van der Waals surface area contributed by atoms with Gasteiger partial charge in [0.1, 0.15) is 5.75 Å². The van der Waals surface area contributed by atoms with Crippen molar-refractivity contribution in [2.24, 2.45) is 0 Å². The van der Waals surface area contributed by atoms with Gasteiger partial charge in [0.25, 0.3) is 5.91 Å². The molecule has 2 aromatic carbocycles. The van der Waals surface area contributed by atoms with E-state index in [-0.39, 0.29) is 11.9 Å². The monoisotopic (exact) mass is 365 g/mol. The van der Waals surface area contributed by atoms with Crippen molar-refractivity contribution in [1.82, 2.24) is 5.32 Å². The van der Waals surface area contributed by atoms with Gasteiger partial charge in [-0.15, -0.1) is 0 Å². The fraction of sp³-hybridized carbons (Fsp3) is 0.458. The molecule has 27 heavy (non-hydrogen) atoms. The van der Waals surface area contributed by atoms with Crippen LogP contribution < -0.4 is 10.1 Å². The summed E-state index contributed by atoms with van der Waals surface area (Å²) in [5.74, 6) is 1.06. The van der Waals surface area contributed by atoms with Gasteiger partial charge in [-0.3, -0.25) is 4.79 Å². The molecule has 0 spiro atoms. The van der Waals surface area contributed by atoms with Crippen molar-refractivity contribution >= 4 is 5.91 Å². The highest BCUT2D eigenvalue weighted by Gasteiger charge is 2.20. The lowest BCUT2D eigenvalue weighted by Crippen LogP contribution is -2.38. The van der Waals surface area contributed by atoms with E-state index in [2.05, 4.69) is 43.4 Å². The molecule has 0 radical (unpaired) electrons. The molecule has 1 aliphatic rings. The minimum Gasteiger partial charge on any atom is -0.481 e. The molecule has 0 aliphatic heterocycles. The molecule has 1 amide bonds. The number of hydrogen-bond donors (Lipinski definition) is 1. The van der Waals surface area contributed by atoms with Gasteiger partial charge in [0.15, 0.2) is 6.10 Å². The van der Waals surface area contributed by atoms with E-state index in [4.69, 9.17) is 4.74 Å². The van der Waals surface area contributed by atoms with E-state index in [1.54, 1.807) is 0 Å². The fourth-order valence-corrected chi connectivity index (χ4v) is 3.75. The number of benzene rings is 2. The summed E-state index contributed by atoms with van der Waals surface area (Å²) in [5, 5.41) is 3.11. The van der Waals surface area contributed by atoms with E-state index in [0.29, 0.717) is 5.92 Å². The van der Waals surface area contributed by atoms with E-state index < -0.39 is 6.10 Å². The first kappa shape index (κ1) is 19.5. The first-order valence-electron chi connectivity index (χ1n) is 10.1. The Morgan fingerprint density at radius 1 is 0.963 bits per heavy atom. The van der Waals surface area contributed by atoms with Crippen LogP contribution in [0.25, 0.3) is 0 Å². The molecule has 3 heteroatoms. The first-order chi connectivity index (χ1) is 13.0. The van der Waals surface area contributed by atoms with Crippen molar-refractivity contribution in [3.05, 3.63) is 64.7 Å². The summed E-state index contributed by atoms with van der Waals surface area (Å²) in [6.45, 7) is 8.11. The van der Waals surface area contributed by atoms with Crippen LogP contribution in [0.1, 0.15) is 74.8 Å². The largest absolute Gasteiger partial charge is 0.481 e. The summed E-state index contributed by atoms with van der Waals surface area (Å²) >= 11 is 0. The van der Waals surface area contributed by atoms with Crippen molar-refractivity contribution in [3.8, 4) is 5.75 Å². The summed E-state index contributed by atoms with van der Waals surface area (Å²) in [5.41, 5.74) is 5.19. The van der Waals surface area contributed by atoms with Crippen LogP contribution in [0.4, 0.5) is 0 Å². The standard InChI is InChI=1S/C24H31NO2/c1-16(2)22-11-7-8-12-23(22)27-18(4)24(26)25-17(3)20-14-13-19-9-5-6-10-21(19)15-20/h7-8,11-18H,5-6,9-10H2,1-4H3,(H,25,26)/t17-,18-/m1/s1. The van der Waals surface area contributed by atoms with E-state index >= 15 is 0 Å². The Kier molecular flexibility index (Phi) is 6.20. The fourth-order valence-electron chi connectivity index (χ4n) is 3.75. The predicted octanol–water partition coefficient (Wildman–Crippen LogP) is 5.33. The van der Waals surface area contributed by atoms with Gasteiger partial charge in [0.05, 0.1) is 6.04 Å². The zero-order valence-corrected chi connectivity index (χ0v) is 16.9. The molecular formula is C24H31NO2. The second kappa shape index (κ2) is 8.60. The number of aryl methyl sites for hydroxylation is 2. The lowest BCUT2D eigenvalue weighted by Gasteiger charge is -2.22. The van der Waals surface area contributed by atoms with Crippen LogP contribution >= 0.6 is 0 Å². The van der Waals surface area contributed by atoms with Gasteiger partial charge in [0, 0.05) is 0 Å². The van der Waals surface area contributed by atoms with E-state index in [0.717, 1.165) is 17.7 Å². The van der Waals surface area contributed by atoms with Crippen molar-refractivity contribution in [1.29, 1.82) is 0 Å². The molecule has 1 aliphatic carbocycles. The summed E-state index contributed by atoms with van der Waals surface area (Å²) < 4.78 is 5.98. The Hall–Kier alpha value is -2.29. The Morgan fingerprint density at radius 3 is 2.41 bits per heavy atom. The third-order valence-electron chi connectivity index (χ3n) is 5.45. The molecule has 3 rings (SSSR count). The van der Waals surface area contributed by atoms with E-state index in [9.17, 15) is 4.79 Å². The van der Waals surface area contributed by atoms with Gasteiger partial charge in [-0.2, -0.15) is 0 Å². The molecule has 0 bridgehead atoms. The van der Waals surface area contributed by atoms with Crippen LogP contribution in [0.15, 0.2) is 42.5 Å². The van der Waals surface area contributed by atoms with Crippen molar-refractivity contribution in [2.45, 2.75) is 71.4 Å².